The Bertz CT molecular complexity index is 888. The average molecular weight is 481 g/mol. The molecule has 0 aromatic carbocycles. The third kappa shape index (κ3) is 8.52. The third-order valence-electron chi connectivity index (χ3n) is 3.64. The van der Waals surface area contributed by atoms with Crippen LogP contribution in [0.1, 0.15) is 20.8 Å². The summed E-state index contributed by atoms with van der Waals surface area (Å²) in [6, 6.07) is 0. The van der Waals surface area contributed by atoms with Gasteiger partial charge in [-0.1, -0.05) is 8.67 Å². The van der Waals surface area contributed by atoms with Crippen molar-refractivity contribution in [2.24, 2.45) is 20.2 Å². The first-order chi connectivity index (χ1) is 12.8. The molecule has 1 unspecified atom stereocenters. The summed E-state index contributed by atoms with van der Waals surface area (Å²) in [7, 11) is -10.4. The molecule has 2 aliphatic heterocycles. The number of rotatable bonds is 10. The second-order valence-electron chi connectivity index (χ2n) is 6.56. The normalized spacial score (nSPS) is 19.7. The number of nitrogens with zero attached hydrogens (tertiary/aromatic N) is 4. The van der Waals surface area contributed by atoms with Crippen LogP contribution >= 0.6 is 0 Å². The standard InChI is InChI=1S/C12H22N6O8S2.K/c1-11(2,9-13-4-5-14-9)17-18-12(3,10-15-6-7-16-10)8-24-28(22,23)26-25-27(19,20)21;/h4-8H2,1-3H3,(H,13,14)(H,15,16)(H,19,20,21);/q;+1/p-1. The molecule has 0 saturated carbocycles. The van der Waals surface area contributed by atoms with Crippen LogP contribution in [0, 0.1) is 0 Å². The molecule has 0 saturated heterocycles. The Balaban J connectivity index is 0.00000420. The van der Waals surface area contributed by atoms with Gasteiger partial charge in [-0.15, -0.1) is 0 Å². The van der Waals surface area contributed by atoms with Gasteiger partial charge in [-0.3, -0.25) is 9.98 Å². The van der Waals surface area contributed by atoms with Crippen molar-refractivity contribution in [3.05, 3.63) is 0 Å². The number of aliphatic imine (C=N–C) groups is 2. The number of hydrogen-bond acceptors (Lipinski definition) is 14. The molecule has 0 spiro atoms. The van der Waals surface area contributed by atoms with Gasteiger partial charge in [0, 0.05) is 13.1 Å². The molecule has 0 aromatic rings. The molecule has 0 aliphatic carbocycles. The molecule has 2 rings (SSSR count). The van der Waals surface area contributed by atoms with Crippen LogP contribution in [-0.2, 0) is 33.6 Å². The largest absolute Gasteiger partial charge is 1.00 e. The number of nitrogens with one attached hydrogen (secondary N) is 2. The van der Waals surface area contributed by atoms with Crippen molar-refractivity contribution in [1.82, 2.24) is 10.6 Å². The number of azo groups is 1. The molecule has 0 bridgehead atoms. The molecule has 2 aliphatic rings. The maximum atomic E-state index is 11.6. The van der Waals surface area contributed by atoms with E-state index in [0.717, 1.165) is 0 Å². The minimum Gasteiger partial charge on any atom is -0.724 e. The van der Waals surface area contributed by atoms with Gasteiger partial charge in [0.2, 0.25) is 10.4 Å². The zero-order valence-electron chi connectivity index (χ0n) is 16.4. The SMILES string of the molecule is CC(C)(N=NC(C)(COS(=O)(=O)OOS(=O)(=O)[O-])C1=NCCN1)C1=NCCN1.[K+]. The van der Waals surface area contributed by atoms with Crippen LogP contribution < -0.4 is 62.0 Å². The molecule has 0 amide bonds. The fraction of sp³-hybridized carbons (Fsp3) is 0.833. The van der Waals surface area contributed by atoms with Crippen LogP contribution in [0.15, 0.2) is 20.2 Å². The summed E-state index contributed by atoms with van der Waals surface area (Å²) in [5.74, 6) is 0.951. The van der Waals surface area contributed by atoms with Crippen LogP contribution in [0.5, 0.6) is 0 Å². The Morgan fingerprint density at radius 3 is 2.03 bits per heavy atom. The number of amidine groups is 2. The molecule has 1 atom stereocenters. The average Bonchev–Trinajstić information content (AvgIpc) is 3.30. The van der Waals surface area contributed by atoms with Crippen LogP contribution in [0.3, 0.4) is 0 Å². The van der Waals surface area contributed by atoms with E-state index in [-0.39, 0.29) is 51.4 Å². The second kappa shape index (κ2) is 10.5. The maximum Gasteiger partial charge on any atom is 1.00 e. The van der Waals surface area contributed by atoms with E-state index in [4.69, 9.17) is 0 Å². The van der Waals surface area contributed by atoms with Crippen molar-refractivity contribution in [2.75, 3.05) is 32.8 Å². The van der Waals surface area contributed by atoms with Crippen molar-refractivity contribution in [1.29, 1.82) is 0 Å². The van der Waals surface area contributed by atoms with Gasteiger partial charge in [0.25, 0.3) is 0 Å². The molecular formula is C12H21KN6O8S2. The quantitative estimate of drug-likeness (QED) is 0.0771. The van der Waals surface area contributed by atoms with Gasteiger partial charge in [-0.05, 0) is 20.8 Å². The smallest absolute Gasteiger partial charge is 0.724 e. The first-order valence-electron chi connectivity index (χ1n) is 8.08. The molecule has 0 radical (unpaired) electrons. The molecule has 2 N–H and O–H groups in total. The number of hydrogen-bond donors (Lipinski definition) is 2. The van der Waals surface area contributed by atoms with Gasteiger partial charge in [0.1, 0.15) is 23.8 Å². The predicted molar refractivity (Wildman–Crippen MR) is 94.7 cm³/mol. The molecule has 0 aromatic heterocycles. The molecular weight excluding hydrogens is 459 g/mol. The summed E-state index contributed by atoms with van der Waals surface area (Å²) in [4.78, 5) is 8.50. The van der Waals surface area contributed by atoms with Crippen molar-refractivity contribution in [3.63, 3.8) is 0 Å². The van der Waals surface area contributed by atoms with E-state index < -0.39 is 38.5 Å². The van der Waals surface area contributed by atoms with Gasteiger partial charge in [-0.25, -0.2) is 12.6 Å². The van der Waals surface area contributed by atoms with Crippen molar-refractivity contribution < 1.29 is 85.6 Å². The van der Waals surface area contributed by atoms with Gasteiger partial charge in [0.05, 0.1) is 13.1 Å². The van der Waals surface area contributed by atoms with E-state index in [1.54, 1.807) is 13.8 Å². The summed E-state index contributed by atoms with van der Waals surface area (Å²) < 4.78 is 65.6. The Labute approximate surface area is 211 Å². The van der Waals surface area contributed by atoms with E-state index in [0.29, 0.717) is 37.9 Å². The summed E-state index contributed by atoms with van der Waals surface area (Å²) >= 11 is 0. The summed E-state index contributed by atoms with van der Waals surface area (Å²) in [6.45, 7) is 6.65. The van der Waals surface area contributed by atoms with E-state index in [1.807, 2.05) is 0 Å². The Morgan fingerprint density at radius 1 is 1.00 bits per heavy atom. The first-order valence-corrected chi connectivity index (χ1v) is 10.7. The predicted octanol–water partition coefficient (Wildman–Crippen LogP) is -4.35. The van der Waals surface area contributed by atoms with Crippen LogP contribution in [-0.4, -0.2) is 76.9 Å². The van der Waals surface area contributed by atoms with E-state index in [1.165, 1.54) is 6.92 Å². The van der Waals surface area contributed by atoms with Crippen LogP contribution in [0.2, 0.25) is 0 Å². The summed E-state index contributed by atoms with van der Waals surface area (Å²) in [5.41, 5.74) is -2.19. The van der Waals surface area contributed by atoms with E-state index >= 15 is 0 Å². The second-order valence-corrected chi connectivity index (χ2v) is 8.70. The zero-order chi connectivity index (χ0) is 21.1. The van der Waals surface area contributed by atoms with Crippen molar-refractivity contribution in [2.45, 2.75) is 31.8 Å². The first kappa shape index (κ1) is 27.0. The Morgan fingerprint density at radius 2 is 1.55 bits per heavy atom. The molecule has 17 heteroatoms. The molecule has 160 valence electrons. The summed E-state index contributed by atoms with van der Waals surface area (Å²) in [5, 5.41) is 14.5. The molecule has 29 heavy (non-hydrogen) atoms. The minimum absolute atomic E-state index is 0. The topological polar surface area (TPSA) is 193 Å². The van der Waals surface area contributed by atoms with Gasteiger partial charge < -0.3 is 15.2 Å². The zero-order valence-corrected chi connectivity index (χ0v) is 21.2. The van der Waals surface area contributed by atoms with Gasteiger partial charge in [-0.2, -0.15) is 18.6 Å². The third-order valence-corrected chi connectivity index (χ3v) is 4.60. The molecule has 2 heterocycles. The Kier molecular flexibility index (Phi) is 9.75. The van der Waals surface area contributed by atoms with Crippen LogP contribution in [0.25, 0.3) is 0 Å². The van der Waals surface area contributed by atoms with E-state index in [9.17, 15) is 21.4 Å². The van der Waals surface area contributed by atoms with Crippen molar-refractivity contribution in [3.8, 4) is 0 Å². The van der Waals surface area contributed by atoms with Gasteiger partial charge in [0.15, 0.2) is 5.54 Å². The molecule has 0 fully saturated rings. The van der Waals surface area contributed by atoms with Crippen LogP contribution in [0.4, 0.5) is 0 Å². The van der Waals surface area contributed by atoms with E-state index in [2.05, 4.69) is 43.7 Å². The minimum atomic E-state index is -5.40. The summed E-state index contributed by atoms with van der Waals surface area (Å²) in [6.07, 6.45) is 0. The molecule has 14 nitrogen and oxygen atoms in total. The fourth-order valence-corrected chi connectivity index (χ4v) is 3.23. The fourth-order valence-electron chi connectivity index (χ4n) is 2.27. The van der Waals surface area contributed by atoms with Gasteiger partial charge >= 0.3 is 61.8 Å². The monoisotopic (exact) mass is 480 g/mol. The van der Waals surface area contributed by atoms with Crippen molar-refractivity contribution >= 4 is 32.5 Å². The maximum absolute atomic E-state index is 11.6. The Hall–Kier alpha value is -0.0836.